The Morgan fingerprint density at radius 3 is 2.61 bits per heavy atom. The largest absolute Gasteiger partial charge is 0.462 e. The van der Waals surface area contributed by atoms with Gasteiger partial charge in [-0.3, -0.25) is 4.79 Å². The number of halogens is 4. The van der Waals surface area contributed by atoms with Crippen LogP contribution in [0.2, 0.25) is 5.02 Å². The number of aromatic nitrogens is 1. The molecule has 1 aromatic heterocycles. The summed E-state index contributed by atoms with van der Waals surface area (Å²) in [5.74, 6) is -1.21. The van der Waals surface area contributed by atoms with Gasteiger partial charge in [0.25, 0.3) is 0 Å². The van der Waals surface area contributed by atoms with Crippen LogP contribution in [0.25, 0.3) is 0 Å². The van der Waals surface area contributed by atoms with Gasteiger partial charge < -0.3 is 10.1 Å². The molecule has 31 heavy (non-hydrogen) atoms. The van der Waals surface area contributed by atoms with Gasteiger partial charge in [0, 0.05) is 5.69 Å². The number of carbonyl (C=O) groups is 2. The number of carbonyl (C=O) groups excluding carboxylic acids is 2. The van der Waals surface area contributed by atoms with E-state index in [1.165, 1.54) is 19.1 Å². The van der Waals surface area contributed by atoms with Gasteiger partial charge in [-0.15, -0.1) is 0 Å². The van der Waals surface area contributed by atoms with Crippen molar-refractivity contribution in [1.29, 1.82) is 5.26 Å². The third kappa shape index (κ3) is 6.12. The van der Waals surface area contributed by atoms with Crippen molar-refractivity contribution in [2.75, 3.05) is 11.9 Å². The molecule has 6 nitrogen and oxygen atoms in total. The number of alkyl halides is 3. The van der Waals surface area contributed by atoms with E-state index in [2.05, 4.69) is 10.3 Å². The molecule has 11 heteroatoms. The van der Waals surface area contributed by atoms with Crippen molar-refractivity contribution >= 4 is 40.9 Å². The third-order valence-electron chi connectivity index (χ3n) is 3.99. The zero-order valence-corrected chi connectivity index (χ0v) is 18.2. The molecule has 0 saturated heterocycles. The van der Waals surface area contributed by atoms with Gasteiger partial charge in [-0.2, -0.15) is 18.4 Å². The molecule has 1 amide bonds. The highest BCUT2D eigenvalue weighted by atomic mass is 35.5. The molecule has 0 saturated carbocycles. The normalized spacial score (nSPS) is 12.1. The predicted octanol–water partition coefficient (Wildman–Crippen LogP) is 5.23. The zero-order valence-electron chi connectivity index (χ0n) is 16.6. The molecular formula is C20H17ClF3N3O3S. The molecule has 1 atom stereocenters. The second kappa shape index (κ2) is 10.0. The number of nitriles is 1. The standard InChI is InChI=1S/C20H17ClF3N3O3S/c1-4-30-19(29)14-7-12(9-25)18(26-10(14)2)31-11(3)17(28)27-13-5-6-16(21)15(8-13)20(22,23)24/h5-8,11H,4H2,1-3H3,(H,27,28)/t11-/m1/s1. The highest BCUT2D eigenvalue weighted by Gasteiger charge is 2.33. The Kier molecular flexibility index (Phi) is 7.92. The summed E-state index contributed by atoms with van der Waals surface area (Å²) >= 11 is 6.52. The van der Waals surface area contributed by atoms with Crippen molar-refractivity contribution in [1.82, 2.24) is 4.98 Å². The second-order valence-corrected chi connectivity index (χ2v) is 7.98. The van der Waals surface area contributed by atoms with Crippen LogP contribution in [0.3, 0.4) is 0 Å². The van der Waals surface area contributed by atoms with Gasteiger partial charge in [0.05, 0.1) is 39.3 Å². The van der Waals surface area contributed by atoms with Gasteiger partial charge in [0.15, 0.2) is 0 Å². The number of amides is 1. The van der Waals surface area contributed by atoms with Crippen molar-refractivity contribution < 1.29 is 27.5 Å². The van der Waals surface area contributed by atoms with E-state index in [-0.39, 0.29) is 28.4 Å². The molecule has 2 aromatic rings. The van der Waals surface area contributed by atoms with E-state index in [0.717, 1.165) is 23.9 Å². The van der Waals surface area contributed by atoms with Crippen LogP contribution >= 0.6 is 23.4 Å². The Morgan fingerprint density at radius 1 is 1.35 bits per heavy atom. The molecule has 0 fully saturated rings. The van der Waals surface area contributed by atoms with Gasteiger partial charge in [-0.25, -0.2) is 9.78 Å². The minimum absolute atomic E-state index is 0.0727. The number of ether oxygens (including phenoxy) is 1. The maximum Gasteiger partial charge on any atom is 0.417 e. The number of rotatable bonds is 6. The van der Waals surface area contributed by atoms with Gasteiger partial charge in [-0.05, 0) is 45.0 Å². The number of anilines is 1. The lowest BCUT2D eigenvalue weighted by Gasteiger charge is -2.15. The number of esters is 1. The van der Waals surface area contributed by atoms with E-state index in [1.54, 1.807) is 13.8 Å². The average molecular weight is 472 g/mol. The maximum atomic E-state index is 13.0. The minimum Gasteiger partial charge on any atom is -0.462 e. The van der Waals surface area contributed by atoms with Gasteiger partial charge in [0.1, 0.15) is 11.1 Å². The van der Waals surface area contributed by atoms with E-state index in [9.17, 15) is 28.0 Å². The first-order valence-electron chi connectivity index (χ1n) is 8.91. The molecule has 0 bridgehead atoms. The van der Waals surface area contributed by atoms with Crippen LogP contribution in [0, 0.1) is 18.3 Å². The highest BCUT2D eigenvalue weighted by Crippen LogP contribution is 2.36. The molecule has 0 aliphatic rings. The van der Waals surface area contributed by atoms with Crippen LogP contribution in [-0.2, 0) is 15.7 Å². The number of hydrogen-bond donors (Lipinski definition) is 1. The van der Waals surface area contributed by atoms with Crippen molar-refractivity contribution in [2.45, 2.75) is 37.2 Å². The molecule has 0 unspecified atom stereocenters. The minimum atomic E-state index is -4.66. The SMILES string of the molecule is CCOC(=O)c1cc(C#N)c(S[C@H](C)C(=O)Nc2ccc(Cl)c(C(F)(F)F)c2)nc1C. The number of hydrogen-bond acceptors (Lipinski definition) is 6. The van der Waals surface area contributed by atoms with Crippen molar-refractivity contribution in [3.63, 3.8) is 0 Å². The summed E-state index contributed by atoms with van der Waals surface area (Å²) in [6, 6.07) is 6.30. The summed E-state index contributed by atoms with van der Waals surface area (Å²) in [6.45, 7) is 4.88. The van der Waals surface area contributed by atoms with Crippen LogP contribution in [0.15, 0.2) is 29.3 Å². The maximum absolute atomic E-state index is 13.0. The fraction of sp³-hybridized carbons (Fsp3) is 0.300. The molecule has 0 radical (unpaired) electrons. The van der Waals surface area contributed by atoms with Crippen molar-refractivity contribution in [2.24, 2.45) is 0 Å². The summed E-state index contributed by atoms with van der Waals surface area (Å²) in [4.78, 5) is 28.7. The third-order valence-corrected chi connectivity index (χ3v) is 5.42. The van der Waals surface area contributed by atoms with Gasteiger partial charge >= 0.3 is 12.1 Å². The lowest BCUT2D eigenvalue weighted by Crippen LogP contribution is -2.23. The fourth-order valence-corrected chi connectivity index (χ4v) is 3.60. The van der Waals surface area contributed by atoms with Crippen LogP contribution < -0.4 is 5.32 Å². The number of thioether (sulfide) groups is 1. The number of aryl methyl sites for hydroxylation is 1. The molecule has 0 spiro atoms. The average Bonchev–Trinajstić information content (AvgIpc) is 2.68. The summed E-state index contributed by atoms with van der Waals surface area (Å²) < 4.78 is 43.9. The lowest BCUT2D eigenvalue weighted by atomic mass is 10.1. The first-order chi connectivity index (χ1) is 14.5. The topological polar surface area (TPSA) is 92.1 Å². The Hall–Kier alpha value is -2.77. The Labute approximate surface area is 185 Å². The smallest absolute Gasteiger partial charge is 0.417 e. The van der Waals surface area contributed by atoms with Crippen LogP contribution in [0.1, 0.15) is 41.0 Å². The van der Waals surface area contributed by atoms with E-state index >= 15 is 0 Å². The summed E-state index contributed by atoms with van der Waals surface area (Å²) in [7, 11) is 0. The monoisotopic (exact) mass is 471 g/mol. The van der Waals surface area contributed by atoms with E-state index in [1.807, 2.05) is 6.07 Å². The first-order valence-corrected chi connectivity index (χ1v) is 10.2. The molecule has 1 heterocycles. The Balaban J connectivity index is 2.21. The van der Waals surface area contributed by atoms with Crippen LogP contribution in [0.5, 0.6) is 0 Å². The molecule has 0 aliphatic carbocycles. The van der Waals surface area contributed by atoms with Crippen LogP contribution in [-0.4, -0.2) is 28.7 Å². The van der Waals surface area contributed by atoms with Crippen molar-refractivity contribution in [3.05, 3.63) is 51.7 Å². The molecule has 2 rings (SSSR count). The molecule has 1 N–H and O–H groups in total. The number of benzene rings is 1. The molecule has 1 aromatic carbocycles. The summed E-state index contributed by atoms with van der Waals surface area (Å²) in [6.07, 6.45) is -4.66. The second-order valence-electron chi connectivity index (χ2n) is 6.25. The molecule has 164 valence electrons. The number of pyridine rings is 1. The van der Waals surface area contributed by atoms with E-state index in [0.29, 0.717) is 5.69 Å². The number of nitrogens with one attached hydrogen (secondary N) is 1. The fourth-order valence-electron chi connectivity index (χ4n) is 2.45. The van der Waals surface area contributed by atoms with Crippen molar-refractivity contribution in [3.8, 4) is 6.07 Å². The first kappa shape index (κ1) is 24.5. The van der Waals surface area contributed by atoms with Crippen LogP contribution in [0.4, 0.5) is 18.9 Å². The lowest BCUT2D eigenvalue weighted by molar-refractivity contribution is -0.137. The highest BCUT2D eigenvalue weighted by molar-refractivity contribution is 8.00. The number of nitrogens with zero attached hydrogens (tertiary/aromatic N) is 2. The predicted molar refractivity (Wildman–Crippen MR) is 110 cm³/mol. The quantitative estimate of drug-likeness (QED) is 0.458. The Bertz CT molecular complexity index is 1050. The van der Waals surface area contributed by atoms with Gasteiger partial charge in [0.2, 0.25) is 5.91 Å². The Morgan fingerprint density at radius 2 is 2.03 bits per heavy atom. The summed E-state index contributed by atoms with van der Waals surface area (Å²) in [5, 5.41) is 10.7. The zero-order chi connectivity index (χ0) is 23.3. The molecule has 0 aliphatic heterocycles. The summed E-state index contributed by atoms with van der Waals surface area (Å²) in [5.41, 5.74) is -0.604. The molecular weight excluding hydrogens is 455 g/mol. The van der Waals surface area contributed by atoms with E-state index < -0.39 is 33.9 Å². The van der Waals surface area contributed by atoms with E-state index in [4.69, 9.17) is 16.3 Å². The van der Waals surface area contributed by atoms with Gasteiger partial charge in [-0.1, -0.05) is 23.4 Å².